The van der Waals surface area contributed by atoms with Crippen LogP contribution in [0.1, 0.15) is 18.4 Å². The lowest BCUT2D eigenvalue weighted by Crippen LogP contribution is -2.20. The fourth-order valence-electron chi connectivity index (χ4n) is 1.42. The van der Waals surface area contributed by atoms with Gasteiger partial charge in [0.25, 0.3) is 5.78 Å². The maximum absolute atomic E-state index is 11.7. The molecule has 0 aliphatic carbocycles. The number of fused-ring (bicyclic) bond motifs is 1. The van der Waals surface area contributed by atoms with Crippen LogP contribution in [0.3, 0.4) is 0 Å². The number of aromatic nitrogens is 4. The Morgan fingerprint density at radius 3 is 2.75 bits per heavy atom. The Morgan fingerprint density at radius 1 is 1.50 bits per heavy atom. The van der Waals surface area contributed by atoms with Crippen molar-refractivity contribution in [2.24, 2.45) is 0 Å². The number of hydrogen-bond donors (Lipinski definition) is 1. The van der Waals surface area contributed by atoms with E-state index in [2.05, 4.69) is 15.1 Å². The third-order valence-corrected chi connectivity index (χ3v) is 2.21. The van der Waals surface area contributed by atoms with Gasteiger partial charge in [-0.15, -0.1) is 0 Å². The lowest BCUT2D eigenvalue weighted by atomic mass is 10.4. The molecule has 84 valence electrons. The van der Waals surface area contributed by atoms with Crippen molar-refractivity contribution >= 4 is 11.5 Å². The Balaban J connectivity index is 2.87. The minimum Gasteiger partial charge on any atom is -0.275 e. The summed E-state index contributed by atoms with van der Waals surface area (Å²) < 4.78 is 0.990. The number of nitro groups is 1. The number of aryl methyl sites for hydroxylation is 2. The molecule has 1 N–H and O–H groups in total. The van der Waals surface area contributed by atoms with Gasteiger partial charge in [0, 0.05) is 6.42 Å². The maximum Gasteiger partial charge on any atom is 0.357 e. The molecule has 8 heteroatoms. The molecule has 8 nitrogen and oxygen atoms in total. The zero-order chi connectivity index (χ0) is 11.9. The van der Waals surface area contributed by atoms with Crippen LogP contribution in [0.5, 0.6) is 0 Å². The summed E-state index contributed by atoms with van der Waals surface area (Å²) in [4.78, 5) is 29.6. The third kappa shape index (κ3) is 1.35. The average molecular weight is 223 g/mol. The van der Waals surface area contributed by atoms with Crippen LogP contribution in [0.25, 0.3) is 5.78 Å². The third-order valence-electron chi connectivity index (χ3n) is 2.21. The summed E-state index contributed by atoms with van der Waals surface area (Å²) in [6, 6.07) is 0. The highest BCUT2D eigenvalue weighted by atomic mass is 16.6. The van der Waals surface area contributed by atoms with E-state index in [0.717, 1.165) is 4.52 Å². The molecular weight excluding hydrogens is 214 g/mol. The lowest BCUT2D eigenvalue weighted by molar-refractivity contribution is -0.387. The van der Waals surface area contributed by atoms with Crippen molar-refractivity contribution in [1.82, 2.24) is 19.6 Å². The summed E-state index contributed by atoms with van der Waals surface area (Å²) in [6.45, 7) is 3.27. The normalized spacial score (nSPS) is 10.9. The quantitative estimate of drug-likeness (QED) is 0.578. The van der Waals surface area contributed by atoms with Crippen LogP contribution >= 0.6 is 0 Å². The van der Waals surface area contributed by atoms with E-state index in [1.165, 1.54) is 6.92 Å². The molecule has 2 heterocycles. The number of nitrogens with one attached hydrogen (secondary N) is 1. The Kier molecular flexibility index (Phi) is 2.18. The van der Waals surface area contributed by atoms with Crippen molar-refractivity contribution in [1.29, 1.82) is 0 Å². The topological polar surface area (TPSA) is 106 Å². The van der Waals surface area contributed by atoms with E-state index in [1.807, 2.05) is 6.92 Å². The van der Waals surface area contributed by atoms with Gasteiger partial charge < -0.3 is 0 Å². The molecule has 0 radical (unpaired) electrons. The maximum atomic E-state index is 11.7. The zero-order valence-electron chi connectivity index (χ0n) is 8.72. The van der Waals surface area contributed by atoms with Gasteiger partial charge in [-0.25, -0.2) is 4.98 Å². The summed E-state index contributed by atoms with van der Waals surface area (Å²) in [7, 11) is 0. The first-order valence-corrected chi connectivity index (χ1v) is 4.67. The first-order chi connectivity index (χ1) is 7.54. The largest absolute Gasteiger partial charge is 0.357 e. The Morgan fingerprint density at radius 2 is 2.19 bits per heavy atom. The molecule has 0 atom stereocenters. The van der Waals surface area contributed by atoms with Crippen LogP contribution in [-0.2, 0) is 6.42 Å². The number of hydrogen-bond acceptors (Lipinski definition) is 5. The van der Waals surface area contributed by atoms with Gasteiger partial charge in [0.2, 0.25) is 0 Å². The van der Waals surface area contributed by atoms with Crippen LogP contribution < -0.4 is 5.56 Å². The molecule has 2 aromatic heterocycles. The Labute approximate surface area is 89.1 Å². The van der Waals surface area contributed by atoms with Crippen molar-refractivity contribution < 1.29 is 4.92 Å². The van der Waals surface area contributed by atoms with Crippen molar-refractivity contribution in [3.8, 4) is 0 Å². The van der Waals surface area contributed by atoms with Crippen LogP contribution in [0.4, 0.5) is 5.69 Å². The van der Waals surface area contributed by atoms with Gasteiger partial charge in [-0.2, -0.15) is 9.50 Å². The van der Waals surface area contributed by atoms with E-state index < -0.39 is 16.2 Å². The van der Waals surface area contributed by atoms with Crippen molar-refractivity contribution in [2.45, 2.75) is 20.3 Å². The predicted octanol–water partition coefficient (Wildman–Crippen LogP) is 0.197. The van der Waals surface area contributed by atoms with Gasteiger partial charge in [0.1, 0.15) is 11.5 Å². The van der Waals surface area contributed by atoms with Crippen LogP contribution in [0.2, 0.25) is 0 Å². The molecule has 2 aromatic rings. The Bertz CT molecular complexity index is 626. The summed E-state index contributed by atoms with van der Waals surface area (Å²) >= 11 is 0. The van der Waals surface area contributed by atoms with Crippen molar-refractivity contribution in [3.63, 3.8) is 0 Å². The van der Waals surface area contributed by atoms with Gasteiger partial charge >= 0.3 is 11.2 Å². The monoisotopic (exact) mass is 223 g/mol. The fourth-order valence-corrected chi connectivity index (χ4v) is 1.42. The standard InChI is InChI=1S/C8H9N5O3/c1-3-5-10-8-9-4(2)6(13(15)16)7(14)12(8)11-5/h3H2,1-2H3,(H,9,10,11). The molecule has 0 bridgehead atoms. The van der Waals surface area contributed by atoms with Crippen molar-refractivity contribution in [3.05, 3.63) is 32.0 Å². The number of aromatic amines is 1. The van der Waals surface area contributed by atoms with E-state index in [9.17, 15) is 14.9 Å². The Hall–Kier alpha value is -2.25. The lowest BCUT2D eigenvalue weighted by Gasteiger charge is -1.95. The highest BCUT2D eigenvalue weighted by molar-refractivity contribution is 5.39. The van der Waals surface area contributed by atoms with Crippen LogP contribution in [0.15, 0.2) is 4.79 Å². The molecule has 0 saturated heterocycles. The minimum absolute atomic E-state index is 0.0733. The summed E-state index contributed by atoms with van der Waals surface area (Å²) in [5.41, 5.74) is -1.19. The highest BCUT2D eigenvalue weighted by Gasteiger charge is 2.21. The van der Waals surface area contributed by atoms with Gasteiger partial charge in [0.15, 0.2) is 0 Å². The fraction of sp³-hybridized carbons (Fsp3) is 0.375. The summed E-state index contributed by atoms with van der Waals surface area (Å²) in [5.74, 6) is 0.717. The summed E-state index contributed by atoms with van der Waals surface area (Å²) in [5, 5.41) is 13.3. The molecule has 0 saturated carbocycles. The average Bonchev–Trinajstić information content (AvgIpc) is 2.60. The summed E-state index contributed by atoms with van der Waals surface area (Å²) in [6.07, 6.45) is 0.593. The van der Waals surface area contributed by atoms with E-state index in [1.54, 1.807) is 0 Å². The smallest absolute Gasteiger partial charge is 0.275 e. The number of rotatable bonds is 2. The molecule has 0 spiro atoms. The second-order valence-corrected chi connectivity index (χ2v) is 3.27. The first-order valence-electron chi connectivity index (χ1n) is 4.67. The van der Waals surface area contributed by atoms with Crippen molar-refractivity contribution in [2.75, 3.05) is 0 Å². The number of H-pyrrole nitrogens is 1. The molecule has 0 aliphatic heterocycles. The molecule has 0 amide bonds. The van der Waals surface area contributed by atoms with Gasteiger partial charge in [0.05, 0.1) is 4.92 Å². The predicted molar refractivity (Wildman–Crippen MR) is 54.4 cm³/mol. The molecule has 0 fully saturated rings. The van der Waals surface area contributed by atoms with Crippen LogP contribution in [-0.4, -0.2) is 24.5 Å². The second kappa shape index (κ2) is 3.40. The van der Waals surface area contributed by atoms with Gasteiger partial charge in [-0.1, -0.05) is 6.92 Å². The minimum atomic E-state index is -0.736. The van der Waals surface area contributed by atoms with Gasteiger partial charge in [-0.05, 0) is 6.92 Å². The van der Waals surface area contributed by atoms with Crippen LogP contribution in [0, 0.1) is 17.0 Å². The SMILES string of the molecule is CCc1nc2nc(C)c([N+](=O)[O-])c(=O)n2[nH]1. The van der Waals surface area contributed by atoms with E-state index >= 15 is 0 Å². The molecule has 16 heavy (non-hydrogen) atoms. The molecule has 0 aliphatic rings. The second-order valence-electron chi connectivity index (χ2n) is 3.27. The molecular formula is C8H9N5O3. The highest BCUT2D eigenvalue weighted by Crippen LogP contribution is 2.09. The van der Waals surface area contributed by atoms with E-state index in [0.29, 0.717) is 12.2 Å². The molecule has 0 unspecified atom stereocenters. The van der Waals surface area contributed by atoms with E-state index in [-0.39, 0.29) is 11.5 Å². The zero-order valence-corrected chi connectivity index (χ0v) is 8.72. The molecule has 2 rings (SSSR count). The number of nitrogens with zero attached hydrogens (tertiary/aromatic N) is 4. The first kappa shape index (κ1) is 10.3. The molecule has 0 aromatic carbocycles. The van der Waals surface area contributed by atoms with E-state index in [4.69, 9.17) is 0 Å². The van der Waals surface area contributed by atoms with Gasteiger partial charge in [-0.3, -0.25) is 20.0 Å².